The molecule has 96 valence electrons. The van der Waals surface area contributed by atoms with Crippen LogP contribution in [0.2, 0.25) is 0 Å². The van der Waals surface area contributed by atoms with Crippen molar-refractivity contribution in [1.29, 1.82) is 0 Å². The molecule has 3 heteroatoms. The SMILES string of the molecule is CC(C)CC(C)N(C)Cc1ccc(Br)cc1F. The topological polar surface area (TPSA) is 3.24 Å². The van der Waals surface area contributed by atoms with Crippen LogP contribution in [0.5, 0.6) is 0 Å². The van der Waals surface area contributed by atoms with Gasteiger partial charge in [-0.05, 0) is 38.4 Å². The van der Waals surface area contributed by atoms with Gasteiger partial charge in [-0.15, -0.1) is 0 Å². The summed E-state index contributed by atoms with van der Waals surface area (Å²) in [6.07, 6.45) is 1.13. The van der Waals surface area contributed by atoms with E-state index in [1.54, 1.807) is 0 Å². The molecule has 0 N–H and O–H groups in total. The third-order valence-corrected chi connectivity index (χ3v) is 3.49. The fraction of sp³-hybridized carbons (Fsp3) is 0.571. The summed E-state index contributed by atoms with van der Waals surface area (Å²) < 4.78 is 14.5. The smallest absolute Gasteiger partial charge is 0.128 e. The van der Waals surface area contributed by atoms with Crippen molar-refractivity contribution < 1.29 is 4.39 Å². The molecule has 0 fully saturated rings. The molecule has 1 aromatic carbocycles. The third-order valence-electron chi connectivity index (χ3n) is 3.00. The van der Waals surface area contributed by atoms with Gasteiger partial charge < -0.3 is 0 Å². The predicted octanol–water partition coefficient (Wildman–Crippen LogP) is 4.45. The Balaban J connectivity index is 2.64. The maximum Gasteiger partial charge on any atom is 0.128 e. The van der Waals surface area contributed by atoms with Gasteiger partial charge in [0.05, 0.1) is 0 Å². The zero-order valence-electron chi connectivity index (χ0n) is 11.0. The Morgan fingerprint density at radius 3 is 2.47 bits per heavy atom. The lowest BCUT2D eigenvalue weighted by molar-refractivity contribution is 0.218. The first kappa shape index (κ1) is 14.7. The van der Waals surface area contributed by atoms with Gasteiger partial charge in [0.25, 0.3) is 0 Å². The molecule has 1 nitrogen and oxygen atoms in total. The van der Waals surface area contributed by atoms with Crippen molar-refractivity contribution in [2.75, 3.05) is 7.05 Å². The molecule has 0 spiro atoms. The van der Waals surface area contributed by atoms with Crippen LogP contribution in [0.3, 0.4) is 0 Å². The van der Waals surface area contributed by atoms with Gasteiger partial charge in [0.2, 0.25) is 0 Å². The summed E-state index contributed by atoms with van der Waals surface area (Å²) >= 11 is 3.27. The van der Waals surface area contributed by atoms with Crippen molar-refractivity contribution >= 4 is 15.9 Å². The van der Waals surface area contributed by atoms with E-state index in [1.165, 1.54) is 6.07 Å². The second-order valence-electron chi connectivity index (χ2n) is 5.13. The van der Waals surface area contributed by atoms with Gasteiger partial charge in [-0.2, -0.15) is 0 Å². The molecule has 0 heterocycles. The zero-order valence-corrected chi connectivity index (χ0v) is 12.6. The van der Waals surface area contributed by atoms with E-state index in [2.05, 4.69) is 48.6 Å². The van der Waals surface area contributed by atoms with Crippen molar-refractivity contribution in [3.05, 3.63) is 34.1 Å². The zero-order chi connectivity index (χ0) is 13.0. The van der Waals surface area contributed by atoms with Gasteiger partial charge in [-0.1, -0.05) is 35.8 Å². The van der Waals surface area contributed by atoms with Crippen LogP contribution < -0.4 is 0 Å². The lowest BCUT2D eigenvalue weighted by Gasteiger charge is -2.26. The standard InChI is InChI=1S/C14H21BrFN/c1-10(2)7-11(3)17(4)9-12-5-6-13(15)8-14(12)16/h5-6,8,10-11H,7,9H2,1-4H3. The Labute approximate surface area is 112 Å². The summed E-state index contributed by atoms with van der Waals surface area (Å²) in [6.45, 7) is 7.28. The highest BCUT2D eigenvalue weighted by molar-refractivity contribution is 9.10. The number of nitrogens with zero attached hydrogens (tertiary/aromatic N) is 1. The van der Waals surface area contributed by atoms with Crippen molar-refractivity contribution in [3.63, 3.8) is 0 Å². The van der Waals surface area contributed by atoms with Crippen LogP contribution in [-0.2, 0) is 6.54 Å². The number of hydrogen-bond donors (Lipinski definition) is 0. The second-order valence-corrected chi connectivity index (χ2v) is 6.05. The van der Waals surface area contributed by atoms with Gasteiger partial charge in [0.15, 0.2) is 0 Å². The number of benzene rings is 1. The molecule has 0 aliphatic heterocycles. The number of halogens is 2. The molecule has 1 atom stereocenters. The molecule has 0 radical (unpaired) electrons. The fourth-order valence-corrected chi connectivity index (χ4v) is 2.27. The second kappa shape index (κ2) is 6.50. The molecule has 0 bridgehead atoms. The highest BCUT2D eigenvalue weighted by atomic mass is 79.9. The summed E-state index contributed by atoms with van der Waals surface area (Å²) in [7, 11) is 2.05. The summed E-state index contributed by atoms with van der Waals surface area (Å²) in [5, 5.41) is 0. The first-order chi connectivity index (χ1) is 7.90. The molecule has 1 unspecified atom stereocenters. The van der Waals surface area contributed by atoms with Gasteiger partial charge >= 0.3 is 0 Å². The highest BCUT2D eigenvalue weighted by Gasteiger charge is 2.13. The third kappa shape index (κ3) is 4.76. The predicted molar refractivity (Wildman–Crippen MR) is 74.5 cm³/mol. The van der Waals surface area contributed by atoms with E-state index in [-0.39, 0.29) is 5.82 Å². The summed E-state index contributed by atoms with van der Waals surface area (Å²) in [5.41, 5.74) is 0.756. The average molecular weight is 302 g/mol. The van der Waals surface area contributed by atoms with Gasteiger partial charge in [-0.25, -0.2) is 4.39 Å². The van der Waals surface area contributed by atoms with Gasteiger partial charge in [0, 0.05) is 22.6 Å². The number of rotatable bonds is 5. The monoisotopic (exact) mass is 301 g/mol. The summed E-state index contributed by atoms with van der Waals surface area (Å²) in [6, 6.07) is 5.73. The molecule has 0 saturated carbocycles. The molecule has 0 saturated heterocycles. The Morgan fingerprint density at radius 2 is 1.94 bits per heavy atom. The van der Waals surface area contributed by atoms with Crippen LogP contribution in [0, 0.1) is 11.7 Å². The maximum atomic E-state index is 13.7. The molecule has 0 aromatic heterocycles. The Bertz CT molecular complexity index is 365. The number of hydrogen-bond acceptors (Lipinski definition) is 1. The van der Waals surface area contributed by atoms with Crippen molar-refractivity contribution in [2.24, 2.45) is 5.92 Å². The first-order valence-corrected chi connectivity index (χ1v) is 6.83. The molecule has 1 rings (SSSR count). The minimum absolute atomic E-state index is 0.136. The summed E-state index contributed by atoms with van der Waals surface area (Å²) in [5.74, 6) is 0.533. The molecule has 1 aromatic rings. The van der Waals surface area contributed by atoms with E-state index in [1.807, 2.05) is 12.1 Å². The Hall–Kier alpha value is -0.410. The maximum absolute atomic E-state index is 13.7. The van der Waals surface area contributed by atoms with E-state index in [0.29, 0.717) is 18.5 Å². The van der Waals surface area contributed by atoms with Crippen LogP contribution in [0.25, 0.3) is 0 Å². The van der Waals surface area contributed by atoms with E-state index < -0.39 is 0 Å². The Morgan fingerprint density at radius 1 is 1.29 bits per heavy atom. The molecule has 0 aliphatic rings. The molecule has 17 heavy (non-hydrogen) atoms. The lowest BCUT2D eigenvalue weighted by Crippen LogP contribution is -2.30. The van der Waals surface area contributed by atoms with Crippen molar-refractivity contribution in [2.45, 2.75) is 39.8 Å². The van der Waals surface area contributed by atoms with Crippen LogP contribution in [0.15, 0.2) is 22.7 Å². The minimum atomic E-state index is -0.136. The van der Waals surface area contributed by atoms with Crippen molar-refractivity contribution in [1.82, 2.24) is 4.90 Å². The molecule has 0 amide bonds. The van der Waals surface area contributed by atoms with E-state index in [9.17, 15) is 4.39 Å². The molecular formula is C14H21BrFN. The quantitative estimate of drug-likeness (QED) is 0.776. The minimum Gasteiger partial charge on any atom is -0.299 e. The molecular weight excluding hydrogens is 281 g/mol. The fourth-order valence-electron chi connectivity index (χ4n) is 1.94. The largest absolute Gasteiger partial charge is 0.299 e. The van der Waals surface area contributed by atoms with Crippen molar-refractivity contribution in [3.8, 4) is 0 Å². The first-order valence-electron chi connectivity index (χ1n) is 6.04. The van der Waals surface area contributed by atoms with Crippen LogP contribution in [-0.4, -0.2) is 18.0 Å². The lowest BCUT2D eigenvalue weighted by atomic mass is 10.0. The van der Waals surface area contributed by atoms with E-state index in [4.69, 9.17) is 0 Å². The van der Waals surface area contributed by atoms with Gasteiger partial charge in [-0.3, -0.25) is 4.90 Å². The van der Waals surface area contributed by atoms with Crippen LogP contribution in [0.1, 0.15) is 32.8 Å². The summed E-state index contributed by atoms with van der Waals surface area (Å²) in [4.78, 5) is 2.20. The molecule has 0 aliphatic carbocycles. The highest BCUT2D eigenvalue weighted by Crippen LogP contribution is 2.18. The normalized spacial score (nSPS) is 13.4. The van der Waals surface area contributed by atoms with Crippen LogP contribution in [0.4, 0.5) is 4.39 Å². The van der Waals surface area contributed by atoms with E-state index in [0.717, 1.165) is 16.5 Å². The van der Waals surface area contributed by atoms with Crippen LogP contribution >= 0.6 is 15.9 Å². The average Bonchev–Trinajstić information content (AvgIpc) is 2.21. The Kier molecular flexibility index (Phi) is 5.60. The van der Waals surface area contributed by atoms with E-state index >= 15 is 0 Å². The van der Waals surface area contributed by atoms with Gasteiger partial charge in [0.1, 0.15) is 5.82 Å².